The van der Waals surface area contributed by atoms with E-state index in [1.54, 1.807) is 6.07 Å². The fourth-order valence-electron chi connectivity index (χ4n) is 3.71. The van der Waals surface area contributed by atoms with Crippen LogP contribution in [0.5, 0.6) is 0 Å². The Kier molecular flexibility index (Phi) is 3.87. The number of hydrogen-bond donors (Lipinski definition) is 1. The molecular weight excluding hydrogens is 270 g/mol. The third-order valence-electron chi connectivity index (χ3n) is 4.82. The quantitative estimate of drug-likeness (QED) is 0.903. The number of rotatable bonds is 2. The number of nitriles is 1. The van der Waals surface area contributed by atoms with Gasteiger partial charge in [-0.2, -0.15) is 5.26 Å². The molecule has 20 heavy (non-hydrogen) atoms. The monoisotopic (exact) mass is 289 g/mol. The SMILES string of the molecule is CN1C2CCCC1CC(Nc1cccc(Cl)c1C#N)C2. The van der Waals surface area contributed by atoms with Gasteiger partial charge in [-0.1, -0.05) is 24.1 Å². The molecule has 1 aromatic carbocycles. The number of benzene rings is 1. The van der Waals surface area contributed by atoms with Crippen LogP contribution >= 0.6 is 11.6 Å². The van der Waals surface area contributed by atoms with E-state index in [0.717, 1.165) is 18.5 Å². The summed E-state index contributed by atoms with van der Waals surface area (Å²) in [6.07, 6.45) is 6.26. The second-order valence-electron chi connectivity index (χ2n) is 5.99. The van der Waals surface area contributed by atoms with Gasteiger partial charge < -0.3 is 10.2 Å². The molecule has 0 saturated carbocycles. The Morgan fingerprint density at radius 2 is 2.00 bits per heavy atom. The molecule has 2 bridgehead atoms. The zero-order valence-corrected chi connectivity index (χ0v) is 12.5. The van der Waals surface area contributed by atoms with Gasteiger partial charge in [0.2, 0.25) is 0 Å². The first-order valence-electron chi connectivity index (χ1n) is 7.36. The number of piperidine rings is 2. The van der Waals surface area contributed by atoms with Crippen LogP contribution in [0.3, 0.4) is 0 Å². The highest BCUT2D eigenvalue weighted by Crippen LogP contribution is 2.34. The van der Waals surface area contributed by atoms with Gasteiger partial charge in [0.05, 0.1) is 16.3 Å². The molecule has 0 spiro atoms. The Labute approximate surface area is 125 Å². The number of nitrogens with one attached hydrogen (secondary N) is 1. The lowest BCUT2D eigenvalue weighted by Gasteiger charge is -2.47. The summed E-state index contributed by atoms with van der Waals surface area (Å²) in [6, 6.07) is 9.66. The van der Waals surface area contributed by atoms with E-state index >= 15 is 0 Å². The van der Waals surface area contributed by atoms with Crippen molar-refractivity contribution in [1.29, 1.82) is 5.26 Å². The van der Waals surface area contributed by atoms with E-state index in [9.17, 15) is 5.26 Å². The average molecular weight is 290 g/mol. The van der Waals surface area contributed by atoms with Crippen LogP contribution < -0.4 is 5.32 Å². The third kappa shape index (κ3) is 2.51. The van der Waals surface area contributed by atoms with Crippen molar-refractivity contribution >= 4 is 17.3 Å². The standard InChI is InChI=1S/C16H20ClN3/c1-20-12-4-2-5-13(20)9-11(8-12)19-16-7-3-6-15(17)14(16)10-18/h3,6-7,11-13,19H,2,4-5,8-9H2,1H3. The van der Waals surface area contributed by atoms with Crippen molar-refractivity contribution in [1.82, 2.24) is 4.90 Å². The topological polar surface area (TPSA) is 39.1 Å². The molecule has 2 heterocycles. The molecule has 2 unspecified atom stereocenters. The molecule has 1 N–H and O–H groups in total. The second-order valence-corrected chi connectivity index (χ2v) is 6.40. The molecule has 2 atom stereocenters. The first-order chi connectivity index (χ1) is 9.69. The number of anilines is 1. The summed E-state index contributed by atoms with van der Waals surface area (Å²) < 4.78 is 0. The van der Waals surface area contributed by atoms with Gasteiger partial charge >= 0.3 is 0 Å². The number of fused-ring (bicyclic) bond motifs is 2. The van der Waals surface area contributed by atoms with Crippen LogP contribution in [0.15, 0.2) is 18.2 Å². The van der Waals surface area contributed by atoms with Crippen molar-refractivity contribution in [3.05, 3.63) is 28.8 Å². The van der Waals surface area contributed by atoms with E-state index in [1.165, 1.54) is 19.3 Å². The highest BCUT2D eigenvalue weighted by molar-refractivity contribution is 6.32. The number of nitrogens with zero attached hydrogens (tertiary/aromatic N) is 2. The van der Waals surface area contributed by atoms with Crippen LogP contribution in [0.2, 0.25) is 5.02 Å². The van der Waals surface area contributed by atoms with Gasteiger partial charge in [0.25, 0.3) is 0 Å². The summed E-state index contributed by atoms with van der Waals surface area (Å²) in [5.74, 6) is 0. The highest BCUT2D eigenvalue weighted by Gasteiger charge is 2.36. The molecule has 0 aliphatic carbocycles. The highest BCUT2D eigenvalue weighted by atomic mass is 35.5. The summed E-state index contributed by atoms with van der Waals surface area (Å²) in [7, 11) is 2.25. The Morgan fingerprint density at radius 3 is 2.65 bits per heavy atom. The Morgan fingerprint density at radius 1 is 1.30 bits per heavy atom. The predicted octanol–water partition coefficient (Wildman–Crippen LogP) is 3.64. The summed E-state index contributed by atoms with van der Waals surface area (Å²) >= 11 is 6.10. The summed E-state index contributed by atoms with van der Waals surface area (Å²) in [5, 5.41) is 13.3. The van der Waals surface area contributed by atoms with E-state index in [-0.39, 0.29) is 0 Å². The molecule has 3 nitrogen and oxygen atoms in total. The zero-order chi connectivity index (χ0) is 14.1. The lowest BCUT2D eigenvalue weighted by Crippen LogP contribution is -2.52. The van der Waals surface area contributed by atoms with Crippen LogP contribution in [0.25, 0.3) is 0 Å². The molecule has 2 aliphatic rings. The first kappa shape index (κ1) is 13.7. The van der Waals surface area contributed by atoms with Gasteiger partial charge in [-0.25, -0.2) is 0 Å². The summed E-state index contributed by atoms with van der Waals surface area (Å²) in [6.45, 7) is 0. The molecular formula is C16H20ClN3. The minimum atomic E-state index is 0.451. The Bertz CT molecular complexity index is 523. The van der Waals surface area contributed by atoms with Gasteiger partial charge in [-0.05, 0) is 44.9 Å². The van der Waals surface area contributed by atoms with Crippen LogP contribution in [0, 0.1) is 11.3 Å². The summed E-state index contributed by atoms with van der Waals surface area (Å²) in [5.41, 5.74) is 1.45. The average Bonchev–Trinajstić information content (AvgIpc) is 2.40. The van der Waals surface area contributed by atoms with Gasteiger partial charge in [-0.3, -0.25) is 0 Å². The molecule has 0 radical (unpaired) electrons. The van der Waals surface area contributed by atoms with Gasteiger partial charge in [-0.15, -0.1) is 0 Å². The van der Waals surface area contributed by atoms with Crippen LogP contribution in [-0.4, -0.2) is 30.1 Å². The normalized spacial score (nSPS) is 29.8. The van der Waals surface area contributed by atoms with Gasteiger partial charge in [0.15, 0.2) is 0 Å². The fourth-order valence-corrected chi connectivity index (χ4v) is 3.93. The number of hydrogen-bond acceptors (Lipinski definition) is 3. The first-order valence-corrected chi connectivity index (χ1v) is 7.74. The largest absolute Gasteiger partial charge is 0.381 e. The maximum absolute atomic E-state index is 9.25. The van der Waals surface area contributed by atoms with Crippen LogP contribution in [-0.2, 0) is 0 Å². The Hall–Kier alpha value is -1.24. The maximum Gasteiger partial charge on any atom is 0.103 e. The third-order valence-corrected chi connectivity index (χ3v) is 5.14. The molecule has 0 aromatic heterocycles. The zero-order valence-electron chi connectivity index (χ0n) is 11.8. The molecule has 2 saturated heterocycles. The van der Waals surface area contributed by atoms with E-state index in [0.29, 0.717) is 28.7 Å². The second kappa shape index (κ2) is 5.63. The fraction of sp³-hybridized carbons (Fsp3) is 0.562. The molecule has 2 aliphatic heterocycles. The van der Waals surface area contributed by atoms with Crippen LogP contribution in [0.4, 0.5) is 5.69 Å². The predicted molar refractivity (Wildman–Crippen MR) is 82.0 cm³/mol. The summed E-state index contributed by atoms with van der Waals surface area (Å²) in [4.78, 5) is 2.55. The smallest absolute Gasteiger partial charge is 0.103 e. The van der Waals surface area contributed by atoms with E-state index in [1.807, 2.05) is 12.1 Å². The molecule has 4 heteroatoms. The lowest BCUT2D eigenvalue weighted by molar-refractivity contribution is 0.0608. The van der Waals surface area contributed by atoms with E-state index in [4.69, 9.17) is 11.6 Å². The van der Waals surface area contributed by atoms with Crippen molar-refractivity contribution < 1.29 is 0 Å². The molecule has 3 rings (SSSR count). The molecule has 1 aromatic rings. The lowest BCUT2D eigenvalue weighted by atomic mass is 9.82. The van der Waals surface area contributed by atoms with Crippen molar-refractivity contribution in [3.8, 4) is 6.07 Å². The van der Waals surface area contributed by atoms with Crippen molar-refractivity contribution in [2.75, 3.05) is 12.4 Å². The van der Waals surface area contributed by atoms with Crippen molar-refractivity contribution in [2.24, 2.45) is 0 Å². The number of halogens is 1. The van der Waals surface area contributed by atoms with Gasteiger partial charge in [0.1, 0.15) is 6.07 Å². The van der Waals surface area contributed by atoms with Crippen molar-refractivity contribution in [3.63, 3.8) is 0 Å². The maximum atomic E-state index is 9.25. The minimum absolute atomic E-state index is 0.451. The van der Waals surface area contributed by atoms with Crippen LogP contribution in [0.1, 0.15) is 37.7 Å². The minimum Gasteiger partial charge on any atom is -0.381 e. The van der Waals surface area contributed by atoms with E-state index < -0.39 is 0 Å². The Balaban J connectivity index is 1.76. The molecule has 2 fully saturated rings. The molecule has 106 valence electrons. The molecule has 0 amide bonds. The van der Waals surface area contributed by atoms with Gasteiger partial charge in [0, 0.05) is 18.1 Å². The van der Waals surface area contributed by atoms with E-state index in [2.05, 4.69) is 23.3 Å². The van der Waals surface area contributed by atoms with Crippen molar-refractivity contribution in [2.45, 2.75) is 50.2 Å².